The van der Waals surface area contributed by atoms with Crippen molar-refractivity contribution in [1.29, 1.82) is 0 Å². The number of nitrogens with one attached hydrogen (secondary N) is 2. The normalized spacial score (nSPS) is 19.4. The molecule has 1 aromatic carbocycles. The van der Waals surface area contributed by atoms with Crippen molar-refractivity contribution in [2.24, 2.45) is 0 Å². The average molecular weight is 296 g/mol. The molecule has 0 spiro atoms. The SMILES string of the molecule is CC1CN(c2n[nH]c(-c3c(F)cccc3Cl)n2)CCN1. The maximum Gasteiger partial charge on any atom is 0.245 e. The molecule has 2 aromatic rings. The molecule has 0 amide bonds. The second-order valence-corrected chi connectivity index (χ2v) is 5.29. The van der Waals surface area contributed by atoms with E-state index in [4.69, 9.17) is 11.6 Å². The molecule has 3 rings (SSSR count). The van der Waals surface area contributed by atoms with E-state index < -0.39 is 5.82 Å². The highest BCUT2D eigenvalue weighted by Crippen LogP contribution is 2.28. The molecule has 5 nitrogen and oxygen atoms in total. The van der Waals surface area contributed by atoms with Crippen molar-refractivity contribution in [2.75, 3.05) is 24.5 Å². The Morgan fingerprint density at radius 2 is 2.30 bits per heavy atom. The number of piperazine rings is 1. The summed E-state index contributed by atoms with van der Waals surface area (Å²) in [6.07, 6.45) is 0. The van der Waals surface area contributed by atoms with E-state index in [1.165, 1.54) is 6.07 Å². The molecule has 1 fully saturated rings. The van der Waals surface area contributed by atoms with Gasteiger partial charge < -0.3 is 10.2 Å². The number of hydrogen-bond donors (Lipinski definition) is 2. The van der Waals surface area contributed by atoms with Crippen molar-refractivity contribution in [3.05, 3.63) is 29.0 Å². The number of anilines is 1. The van der Waals surface area contributed by atoms with Gasteiger partial charge in [0.2, 0.25) is 5.95 Å². The highest BCUT2D eigenvalue weighted by atomic mass is 35.5. The number of H-pyrrole nitrogens is 1. The lowest BCUT2D eigenvalue weighted by molar-refractivity contribution is 0.480. The number of hydrogen-bond acceptors (Lipinski definition) is 4. The van der Waals surface area contributed by atoms with Crippen LogP contribution in [0, 0.1) is 5.82 Å². The summed E-state index contributed by atoms with van der Waals surface area (Å²) < 4.78 is 13.9. The summed E-state index contributed by atoms with van der Waals surface area (Å²) in [7, 11) is 0. The zero-order valence-electron chi connectivity index (χ0n) is 11.0. The summed E-state index contributed by atoms with van der Waals surface area (Å²) in [4.78, 5) is 6.43. The summed E-state index contributed by atoms with van der Waals surface area (Å²) >= 11 is 6.03. The first-order chi connectivity index (χ1) is 9.65. The Hall–Kier alpha value is -1.66. The molecular weight excluding hydrogens is 281 g/mol. The van der Waals surface area contributed by atoms with Crippen molar-refractivity contribution in [3.8, 4) is 11.4 Å². The molecule has 1 aliphatic rings. The third kappa shape index (κ3) is 2.48. The minimum atomic E-state index is -0.408. The van der Waals surface area contributed by atoms with Crippen LogP contribution in [-0.2, 0) is 0 Å². The van der Waals surface area contributed by atoms with Crippen molar-refractivity contribution < 1.29 is 4.39 Å². The smallest absolute Gasteiger partial charge is 0.245 e. The molecule has 7 heteroatoms. The summed E-state index contributed by atoms with van der Waals surface area (Å²) in [6, 6.07) is 4.93. The van der Waals surface area contributed by atoms with Crippen LogP contribution in [0.25, 0.3) is 11.4 Å². The molecule has 1 unspecified atom stereocenters. The van der Waals surface area contributed by atoms with E-state index in [0.29, 0.717) is 22.8 Å². The standard InChI is InChI=1S/C13H15ClFN5/c1-8-7-20(6-5-16-8)13-17-12(18-19-13)11-9(14)3-2-4-10(11)15/h2-4,8,16H,5-7H2,1H3,(H,17,18,19). The molecule has 106 valence electrons. The Balaban J connectivity index is 1.90. The highest BCUT2D eigenvalue weighted by molar-refractivity contribution is 6.33. The molecule has 1 atom stereocenters. The minimum Gasteiger partial charge on any atom is -0.337 e. The molecule has 0 aliphatic carbocycles. The fourth-order valence-corrected chi connectivity index (χ4v) is 2.60. The van der Waals surface area contributed by atoms with Crippen LogP contribution in [0.4, 0.5) is 10.3 Å². The summed E-state index contributed by atoms with van der Waals surface area (Å²) in [5.41, 5.74) is 0.260. The second kappa shape index (κ2) is 5.38. The van der Waals surface area contributed by atoms with E-state index in [9.17, 15) is 4.39 Å². The van der Waals surface area contributed by atoms with Gasteiger partial charge in [0.05, 0.1) is 10.6 Å². The third-order valence-corrected chi connectivity index (χ3v) is 3.64. The number of aromatic nitrogens is 3. The van der Waals surface area contributed by atoms with Gasteiger partial charge in [0.25, 0.3) is 0 Å². The van der Waals surface area contributed by atoms with Crippen LogP contribution in [0.5, 0.6) is 0 Å². The maximum absolute atomic E-state index is 13.9. The molecule has 2 heterocycles. The first-order valence-corrected chi connectivity index (χ1v) is 6.88. The van der Waals surface area contributed by atoms with E-state index in [2.05, 4.69) is 32.3 Å². The minimum absolute atomic E-state index is 0.260. The third-order valence-electron chi connectivity index (χ3n) is 3.32. The second-order valence-electron chi connectivity index (χ2n) is 4.88. The van der Waals surface area contributed by atoms with Crippen LogP contribution in [0.3, 0.4) is 0 Å². The van der Waals surface area contributed by atoms with Crippen LogP contribution in [-0.4, -0.2) is 40.9 Å². The van der Waals surface area contributed by atoms with Crippen LogP contribution >= 0.6 is 11.6 Å². The number of nitrogens with zero attached hydrogens (tertiary/aromatic N) is 3. The van der Waals surface area contributed by atoms with E-state index in [-0.39, 0.29) is 5.56 Å². The zero-order valence-corrected chi connectivity index (χ0v) is 11.8. The van der Waals surface area contributed by atoms with Crippen molar-refractivity contribution in [2.45, 2.75) is 13.0 Å². The lowest BCUT2D eigenvalue weighted by Gasteiger charge is -2.30. The van der Waals surface area contributed by atoms with Gasteiger partial charge in [0.1, 0.15) is 5.82 Å². The molecule has 1 saturated heterocycles. The lowest BCUT2D eigenvalue weighted by atomic mass is 10.2. The quantitative estimate of drug-likeness (QED) is 0.890. The van der Waals surface area contributed by atoms with Gasteiger partial charge in [0, 0.05) is 25.7 Å². The Morgan fingerprint density at radius 3 is 3.05 bits per heavy atom. The molecule has 1 aliphatic heterocycles. The van der Waals surface area contributed by atoms with Gasteiger partial charge in [-0.3, -0.25) is 5.10 Å². The Labute approximate surface area is 121 Å². The number of rotatable bonds is 2. The molecule has 0 radical (unpaired) electrons. The summed E-state index contributed by atoms with van der Waals surface area (Å²) in [5, 5.41) is 10.6. The summed E-state index contributed by atoms with van der Waals surface area (Å²) in [5.74, 6) is 0.524. The van der Waals surface area contributed by atoms with E-state index >= 15 is 0 Å². The predicted octanol–water partition coefficient (Wildman–Crippen LogP) is 2.06. The van der Waals surface area contributed by atoms with Crippen molar-refractivity contribution in [3.63, 3.8) is 0 Å². The largest absolute Gasteiger partial charge is 0.337 e. The molecule has 20 heavy (non-hydrogen) atoms. The molecule has 2 N–H and O–H groups in total. The lowest BCUT2D eigenvalue weighted by Crippen LogP contribution is -2.49. The predicted molar refractivity (Wildman–Crippen MR) is 76.5 cm³/mol. The van der Waals surface area contributed by atoms with Crippen LogP contribution in [0.2, 0.25) is 5.02 Å². The van der Waals surface area contributed by atoms with Crippen LogP contribution in [0.1, 0.15) is 6.92 Å². The molecular formula is C13H15ClFN5. The van der Waals surface area contributed by atoms with Gasteiger partial charge in [-0.1, -0.05) is 17.7 Å². The summed E-state index contributed by atoms with van der Waals surface area (Å²) in [6.45, 7) is 4.63. The van der Waals surface area contributed by atoms with Crippen LogP contribution < -0.4 is 10.2 Å². The fraction of sp³-hybridized carbons (Fsp3) is 0.385. The van der Waals surface area contributed by atoms with Crippen LogP contribution in [0.15, 0.2) is 18.2 Å². The van der Waals surface area contributed by atoms with Gasteiger partial charge in [0.15, 0.2) is 5.82 Å². The first-order valence-electron chi connectivity index (χ1n) is 6.50. The highest BCUT2D eigenvalue weighted by Gasteiger charge is 2.21. The Kier molecular flexibility index (Phi) is 3.58. The topological polar surface area (TPSA) is 56.8 Å². The van der Waals surface area contributed by atoms with E-state index in [1.807, 2.05) is 0 Å². The van der Waals surface area contributed by atoms with Crippen molar-refractivity contribution >= 4 is 17.5 Å². The zero-order chi connectivity index (χ0) is 14.1. The van der Waals surface area contributed by atoms with Gasteiger partial charge >= 0.3 is 0 Å². The fourth-order valence-electron chi connectivity index (χ4n) is 2.34. The van der Waals surface area contributed by atoms with E-state index in [0.717, 1.165) is 19.6 Å². The van der Waals surface area contributed by atoms with Crippen molar-refractivity contribution in [1.82, 2.24) is 20.5 Å². The number of halogens is 2. The molecule has 1 aromatic heterocycles. The average Bonchev–Trinajstić information content (AvgIpc) is 2.88. The van der Waals surface area contributed by atoms with Gasteiger partial charge in [-0.05, 0) is 19.1 Å². The van der Waals surface area contributed by atoms with Gasteiger partial charge in [-0.25, -0.2) is 4.39 Å². The number of benzene rings is 1. The maximum atomic E-state index is 13.9. The Bertz CT molecular complexity index is 594. The monoisotopic (exact) mass is 295 g/mol. The van der Waals surface area contributed by atoms with Gasteiger partial charge in [-0.2, -0.15) is 4.98 Å². The first kappa shape index (κ1) is 13.3. The van der Waals surface area contributed by atoms with Gasteiger partial charge in [-0.15, -0.1) is 5.10 Å². The molecule has 0 saturated carbocycles. The molecule has 0 bridgehead atoms. The number of aromatic amines is 1. The van der Waals surface area contributed by atoms with E-state index in [1.54, 1.807) is 12.1 Å². The Morgan fingerprint density at radius 1 is 1.45 bits per heavy atom.